The molecule has 1 aliphatic rings. The Balaban J connectivity index is 1.48. The number of primary sulfonamides is 1. The fourth-order valence-electron chi connectivity index (χ4n) is 3.83. The zero-order valence-corrected chi connectivity index (χ0v) is 19.4. The van der Waals surface area contributed by atoms with Crippen LogP contribution >= 0.6 is 11.8 Å². The van der Waals surface area contributed by atoms with Gasteiger partial charge in [-0.15, -0.1) is 5.10 Å². The van der Waals surface area contributed by atoms with Crippen molar-refractivity contribution in [1.29, 1.82) is 0 Å². The van der Waals surface area contributed by atoms with Gasteiger partial charge in [0.05, 0.1) is 23.3 Å². The quantitative estimate of drug-likeness (QED) is 0.385. The summed E-state index contributed by atoms with van der Waals surface area (Å²) < 4.78 is 32.2. The number of hydrogen-bond donors (Lipinski definition) is 1. The predicted octanol–water partition coefficient (Wildman–Crippen LogP) is 1.88. The van der Waals surface area contributed by atoms with Gasteiger partial charge in [0, 0.05) is 29.2 Å². The molecular formula is C20H24N6O4S2. The number of carbonyl (C=O) groups is 1. The van der Waals surface area contributed by atoms with Crippen molar-refractivity contribution in [2.24, 2.45) is 5.14 Å². The second-order valence-corrected chi connectivity index (χ2v) is 10.2. The summed E-state index contributed by atoms with van der Waals surface area (Å²) >= 11 is 1.30. The summed E-state index contributed by atoms with van der Waals surface area (Å²) in [5.41, 5.74) is 2.99. The standard InChI is InChI=1S/C20H24N6O4S2/c1-13-10-18(14(2)26(13)15-5-7-17(8-6-15)32(21,28)29)19(27)12-31-20-22-23-24-25(20)11-16-4-3-9-30-16/h5-8,10,16H,3-4,9,11-12H2,1-2H3,(H2,21,28,29)/t16-/m0/s1. The average Bonchev–Trinajstić information content (AvgIpc) is 3.48. The molecule has 1 atom stereocenters. The third-order valence-electron chi connectivity index (χ3n) is 5.39. The molecular weight excluding hydrogens is 452 g/mol. The summed E-state index contributed by atoms with van der Waals surface area (Å²) in [6, 6.07) is 8.08. The van der Waals surface area contributed by atoms with Crippen LogP contribution in [0.4, 0.5) is 0 Å². The number of aryl methyl sites for hydroxylation is 1. The summed E-state index contributed by atoms with van der Waals surface area (Å²) in [5.74, 6) is 0.155. The molecule has 1 aromatic carbocycles. The molecule has 0 bridgehead atoms. The number of rotatable bonds is 8. The highest BCUT2D eigenvalue weighted by atomic mass is 32.2. The van der Waals surface area contributed by atoms with Crippen LogP contribution in [0.2, 0.25) is 0 Å². The van der Waals surface area contributed by atoms with Crippen molar-refractivity contribution in [1.82, 2.24) is 24.8 Å². The number of thioether (sulfide) groups is 1. The summed E-state index contributed by atoms with van der Waals surface area (Å²) in [5, 5.41) is 17.5. The maximum absolute atomic E-state index is 13.0. The fourth-order valence-corrected chi connectivity index (χ4v) is 5.12. The van der Waals surface area contributed by atoms with Crippen LogP contribution in [0.15, 0.2) is 40.4 Å². The summed E-state index contributed by atoms with van der Waals surface area (Å²) in [4.78, 5) is 13.0. The Morgan fingerprint density at radius 3 is 2.69 bits per heavy atom. The monoisotopic (exact) mass is 476 g/mol. The van der Waals surface area contributed by atoms with Crippen molar-refractivity contribution in [2.45, 2.75) is 49.4 Å². The van der Waals surface area contributed by atoms with Gasteiger partial charge in [0.15, 0.2) is 5.78 Å². The van der Waals surface area contributed by atoms with E-state index < -0.39 is 10.0 Å². The van der Waals surface area contributed by atoms with Gasteiger partial charge in [0.2, 0.25) is 15.2 Å². The van der Waals surface area contributed by atoms with E-state index in [0.717, 1.165) is 36.5 Å². The highest BCUT2D eigenvalue weighted by Crippen LogP contribution is 2.25. The number of ketones is 1. The lowest BCUT2D eigenvalue weighted by Crippen LogP contribution is -2.17. The molecule has 170 valence electrons. The molecule has 0 amide bonds. The Labute approximate surface area is 190 Å². The van der Waals surface area contributed by atoms with Crippen molar-refractivity contribution in [3.8, 4) is 5.69 Å². The molecule has 10 nitrogen and oxygen atoms in total. The van der Waals surface area contributed by atoms with E-state index in [4.69, 9.17) is 9.88 Å². The molecule has 0 spiro atoms. The SMILES string of the molecule is Cc1cc(C(=O)CSc2nnnn2C[C@@H]2CCCO2)c(C)n1-c1ccc(S(N)(=O)=O)cc1. The lowest BCUT2D eigenvalue weighted by atomic mass is 10.2. The zero-order chi connectivity index (χ0) is 22.9. The Bertz CT molecular complexity index is 1230. The van der Waals surface area contributed by atoms with Gasteiger partial charge in [-0.05, 0) is 67.4 Å². The molecule has 2 aromatic heterocycles. The first-order chi connectivity index (χ1) is 15.2. The van der Waals surface area contributed by atoms with Crippen LogP contribution in [0.1, 0.15) is 34.6 Å². The lowest BCUT2D eigenvalue weighted by Gasteiger charge is -2.11. The van der Waals surface area contributed by atoms with Gasteiger partial charge in [0.25, 0.3) is 0 Å². The smallest absolute Gasteiger partial charge is 0.238 e. The van der Waals surface area contributed by atoms with Crippen LogP contribution in [-0.4, -0.2) is 57.4 Å². The minimum Gasteiger partial charge on any atom is -0.376 e. The highest BCUT2D eigenvalue weighted by Gasteiger charge is 2.21. The van der Waals surface area contributed by atoms with Gasteiger partial charge >= 0.3 is 0 Å². The van der Waals surface area contributed by atoms with Crippen LogP contribution in [0.25, 0.3) is 5.69 Å². The van der Waals surface area contributed by atoms with E-state index in [1.54, 1.807) is 16.8 Å². The fraction of sp³-hybridized carbons (Fsp3) is 0.400. The molecule has 12 heteroatoms. The molecule has 4 rings (SSSR count). The number of nitrogens with zero attached hydrogens (tertiary/aromatic N) is 5. The third kappa shape index (κ3) is 4.77. The van der Waals surface area contributed by atoms with Crippen LogP contribution in [0.3, 0.4) is 0 Å². The molecule has 1 aliphatic heterocycles. The number of ether oxygens (including phenoxy) is 1. The first-order valence-corrected chi connectivity index (χ1v) is 12.6. The van der Waals surface area contributed by atoms with Crippen molar-refractivity contribution >= 4 is 27.6 Å². The van der Waals surface area contributed by atoms with Gasteiger partial charge in [-0.2, -0.15) is 0 Å². The molecule has 0 saturated carbocycles. The van der Waals surface area contributed by atoms with Crippen molar-refractivity contribution in [2.75, 3.05) is 12.4 Å². The number of Topliss-reactive ketones (excluding diaryl/α,β-unsaturated/α-hetero) is 1. The van der Waals surface area contributed by atoms with E-state index in [2.05, 4.69) is 15.5 Å². The van der Waals surface area contributed by atoms with Crippen LogP contribution in [0, 0.1) is 13.8 Å². The predicted molar refractivity (Wildman–Crippen MR) is 118 cm³/mol. The molecule has 2 N–H and O–H groups in total. The van der Waals surface area contributed by atoms with Gasteiger partial charge in [-0.3, -0.25) is 4.79 Å². The number of nitrogens with two attached hydrogens (primary N) is 1. The van der Waals surface area contributed by atoms with Gasteiger partial charge < -0.3 is 9.30 Å². The molecule has 0 radical (unpaired) electrons. The van der Waals surface area contributed by atoms with E-state index in [9.17, 15) is 13.2 Å². The topological polar surface area (TPSA) is 135 Å². The highest BCUT2D eigenvalue weighted by molar-refractivity contribution is 7.99. The minimum atomic E-state index is -3.76. The maximum atomic E-state index is 13.0. The van der Waals surface area contributed by atoms with Gasteiger partial charge in [-0.1, -0.05) is 11.8 Å². The molecule has 1 fully saturated rings. The van der Waals surface area contributed by atoms with Gasteiger partial charge in [-0.25, -0.2) is 18.2 Å². The number of aromatic nitrogens is 5. The molecule has 0 aliphatic carbocycles. The second kappa shape index (κ2) is 9.14. The summed E-state index contributed by atoms with van der Waals surface area (Å²) in [6.45, 7) is 5.09. The van der Waals surface area contributed by atoms with Crippen LogP contribution < -0.4 is 5.14 Å². The lowest BCUT2D eigenvalue weighted by molar-refractivity contribution is 0.0912. The summed E-state index contributed by atoms with van der Waals surface area (Å²) in [6.07, 6.45) is 2.12. The Kier molecular flexibility index (Phi) is 6.47. The van der Waals surface area contributed by atoms with Crippen molar-refractivity contribution in [3.05, 3.63) is 47.3 Å². The molecule has 1 saturated heterocycles. The van der Waals surface area contributed by atoms with E-state index in [-0.39, 0.29) is 22.5 Å². The zero-order valence-electron chi connectivity index (χ0n) is 17.8. The summed E-state index contributed by atoms with van der Waals surface area (Å²) in [7, 11) is -3.76. The number of carbonyl (C=O) groups excluding carboxylic acids is 1. The third-order valence-corrected chi connectivity index (χ3v) is 7.27. The molecule has 3 aromatic rings. The van der Waals surface area contributed by atoms with Crippen LogP contribution in [0.5, 0.6) is 0 Å². The Morgan fingerprint density at radius 2 is 2.03 bits per heavy atom. The first kappa shape index (κ1) is 22.6. The number of tetrazole rings is 1. The van der Waals surface area contributed by atoms with Gasteiger partial charge in [0.1, 0.15) is 0 Å². The van der Waals surface area contributed by atoms with Crippen LogP contribution in [-0.2, 0) is 21.3 Å². The first-order valence-electron chi connectivity index (χ1n) is 10.1. The largest absolute Gasteiger partial charge is 0.376 e. The van der Waals surface area contributed by atoms with Crippen molar-refractivity contribution in [3.63, 3.8) is 0 Å². The number of benzene rings is 1. The maximum Gasteiger partial charge on any atom is 0.238 e. The second-order valence-electron chi connectivity index (χ2n) is 7.65. The number of sulfonamides is 1. The normalized spacial score (nSPS) is 16.5. The Hall–Kier alpha value is -2.54. The van der Waals surface area contributed by atoms with E-state index in [1.807, 2.05) is 24.5 Å². The molecule has 3 heterocycles. The van der Waals surface area contributed by atoms with E-state index in [0.29, 0.717) is 17.3 Å². The minimum absolute atomic E-state index is 0.0390. The molecule has 32 heavy (non-hydrogen) atoms. The van der Waals surface area contributed by atoms with E-state index in [1.165, 1.54) is 23.9 Å². The average molecular weight is 477 g/mol. The Morgan fingerprint density at radius 1 is 1.28 bits per heavy atom. The van der Waals surface area contributed by atoms with Crippen molar-refractivity contribution < 1.29 is 17.9 Å². The molecule has 0 unspecified atom stereocenters. The number of hydrogen-bond acceptors (Lipinski definition) is 8. The van der Waals surface area contributed by atoms with E-state index >= 15 is 0 Å².